The summed E-state index contributed by atoms with van der Waals surface area (Å²) in [4.78, 5) is 0. The third kappa shape index (κ3) is 2.62. The topological polar surface area (TPSA) is 31.5 Å². The Labute approximate surface area is 42.1 Å². The van der Waals surface area contributed by atoms with Crippen molar-refractivity contribution in [2.75, 3.05) is 0 Å². The fourth-order valence-electron chi connectivity index (χ4n) is 0.250. The van der Waals surface area contributed by atoms with Crippen LogP contribution in [0.5, 0.6) is 0 Å². The van der Waals surface area contributed by atoms with E-state index in [1.165, 1.54) is 25.7 Å². The van der Waals surface area contributed by atoms with Crippen LogP contribution >= 0.6 is 9.90 Å². The Hall–Kier alpha value is 0.390. The molecule has 6 heavy (non-hydrogen) atoms. The van der Waals surface area contributed by atoms with Gasteiger partial charge in [-0.05, 0) is 0 Å². The van der Waals surface area contributed by atoms with E-state index in [1.807, 2.05) is 0 Å². The van der Waals surface area contributed by atoms with Crippen LogP contribution in [0.15, 0.2) is 0 Å². The fourth-order valence-corrected chi connectivity index (χ4v) is 0.250. The maximum absolute atomic E-state index is 1.50. The van der Waals surface area contributed by atoms with Gasteiger partial charge in [-0.2, -0.15) is 9.90 Å². The molecule has 0 radical (unpaired) electrons. The first-order valence-corrected chi connectivity index (χ1v) is 2.00. The number of hydrogen-bond donors (Lipinski definition) is 0. The normalized spacial score (nSPS) is 16.0. The smallest absolute Gasteiger partial charge is 0.0533 e. The highest BCUT2D eigenvalue weighted by molar-refractivity contribution is 6.92. The lowest BCUT2D eigenvalue weighted by Crippen LogP contribution is -1.85. The zero-order valence-corrected chi connectivity index (χ0v) is 5.45. The lowest BCUT2D eigenvalue weighted by Gasteiger charge is -2.05. The molecule has 0 heterocycles. The molecular formula is C4H13OP. The van der Waals surface area contributed by atoms with E-state index in [4.69, 9.17) is 0 Å². The molecule has 1 aliphatic rings. The van der Waals surface area contributed by atoms with Crippen molar-refractivity contribution >= 4 is 9.90 Å². The van der Waals surface area contributed by atoms with E-state index in [0.717, 1.165) is 0 Å². The zero-order chi connectivity index (χ0) is 2.83. The van der Waals surface area contributed by atoms with Crippen LogP contribution in [0.25, 0.3) is 0 Å². The molecule has 1 saturated carbocycles. The quantitative estimate of drug-likeness (QED) is 0.411. The summed E-state index contributed by atoms with van der Waals surface area (Å²) >= 11 is 0. The molecule has 0 aromatic rings. The molecule has 1 nitrogen and oxygen atoms in total. The van der Waals surface area contributed by atoms with Gasteiger partial charge >= 0.3 is 0 Å². The zero-order valence-electron chi connectivity index (χ0n) is 4.04. The summed E-state index contributed by atoms with van der Waals surface area (Å²) in [6.45, 7) is 0. The largest absolute Gasteiger partial charge is 0.412 e. The van der Waals surface area contributed by atoms with E-state index >= 15 is 0 Å². The second kappa shape index (κ2) is 5.39. The maximum Gasteiger partial charge on any atom is -0.0533 e. The van der Waals surface area contributed by atoms with Gasteiger partial charge in [-0.25, -0.2) is 0 Å². The fraction of sp³-hybridized carbons (Fsp3) is 1.00. The molecule has 0 amide bonds. The van der Waals surface area contributed by atoms with Crippen LogP contribution in [0, 0.1) is 0 Å². The Kier molecular flexibility index (Phi) is 8.65. The minimum Gasteiger partial charge on any atom is -0.412 e. The molecule has 2 N–H and O–H groups in total. The van der Waals surface area contributed by atoms with Crippen LogP contribution in [-0.2, 0) is 0 Å². The van der Waals surface area contributed by atoms with Crippen molar-refractivity contribution in [1.82, 2.24) is 0 Å². The molecule has 1 aliphatic carbocycles. The van der Waals surface area contributed by atoms with Crippen molar-refractivity contribution in [1.29, 1.82) is 0 Å². The SMILES string of the molecule is C1CCC1.O.P. The van der Waals surface area contributed by atoms with Crippen molar-refractivity contribution in [3.8, 4) is 0 Å². The minimum absolute atomic E-state index is 0. The van der Waals surface area contributed by atoms with Gasteiger partial charge in [0.2, 0.25) is 0 Å². The van der Waals surface area contributed by atoms with Gasteiger partial charge in [-0.15, -0.1) is 0 Å². The van der Waals surface area contributed by atoms with Gasteiger partial charge in [0, 0.05) is 0 Å². The Morgan fingerprint density at radius 1 is 0.667 bits per heavy atom. The first-order chi connectivity index (χ1) is 2.00. The van der Waals surface area contributed by atoms with E-state index in [9.17, 15) is 0 Å². The van der Waals surface area contributed by atoms with E-state index < -0.39 is 0 Å². The summed E-state index contributed by atoms with van der Waals surface area (Å²) in [6.07, 6.45) is 6.00. The van der Waals surface area contributed by atoms with Crippen LogP contribution in [0.1, 0.15) is 25.7 Å². The molecule has 2 heteroatoms. The summed E-state index contributed by atoms with van der Waals surface area (Å²) in [5, 5.41) is 0. The molecular weight excluding hydrogens is 95.0 g/mol. The summed E-state index contributed by atoms with van der Waals surface area (Å²) in [5.41, 5.74) is 0. The number of hydrogen-bond acceptors (Lipinski definition) is 0. The molecule has 0 saturated heterocycles. The molecule has 1 unspecified atom stereocenters. The minimum atomic E-state index is 0. The molecule has 1 rings (SSSR count). The van der Waals surface area contributed by atoms with Gasteiger partial charge in [-0.1, -0.05) is 25.7 Å². The first kappa shape index (κ1) is 9.63. The molecule has 0 aromatic heterocycles. The molecule has 40 valence electrons. The standard InChI is InChI=1S/C4H8.H2O.H3P/c1-2-4-3-1;;/h1-4H2;1H2;1H3. The van der Waals surface area contributed by atoms with Crippen molar-refractivity contribution in [2.24, 2.45) is 0 Å². The third-order valence-corrected chi connectivity index (χ3v) is 1.000. The van der Waals surface area contributed by atoms with E-state index in [0.29, 0.717) is 0 Å². The Morgan fingerprint density at radius 2 is 0.833 bits per heavy atom. The summed E-state index contributed by atoms with van der Waals surface area (Å²) in [6, 6.07) is 0. The van der Waals surface area contributed by atoms with Crippen LogP contribution < -0.4 is 0 Å². The highest BCUT2D eigenvalue weighted by Gasteiger charge is 1.95. The second-order valence-electron chi connectivity index (χ2n) is 1.41. The molecule has 0 bridgehead atoms. The summed E-state index contributed by atoms with van der Waals surface area (Å²) < 4.78 is 0. The monoisotopic (exact) mass is 108 g/mol. The van der Waals surface area contributed by atoms with Crippen molar-refractivity contribution < 1.29 is 5.48 Å². The average molecular weight is 108 g/mol. The van der Waals surface area contributed by atoms with Gasteiger partial charge < -0.3 is 5.48 Å². The molecule has 1 fully saturated rings. The van der Waals surface area contributed by atoms with Crippen LogP contribution in [0.4, 0.5) is 0 Å². The lowest BCUT2D eigenvalue weighted by atomic mass is 10.0. The summed E-state index contributed by atoms with van der Waals surface area (Å²) in [7, 11) is 0. The van der Waals surface area contributed by atoms with Crippen molar-refractivity contribution in [2.45, 2.75) is 25.7 Å². The van der Waals surface area contributed by atoms with Crippen LogP contribution in [0.3, 0.4) is 0 Å². The lowest BCUT2D eigenvalue weighted by molar-refractivity contribution is 0.504. The molecule has 0 aromatic carbocycles. The van der Waals surface area contributed by atoms with Gasteiger partial charge in [0.1, 0.15) is 0 Å². The predicted molar refractivity (Wildman–Crippen MR) is 33.2 cm³/mol. The molecule has 0 spiro atoms. The van der Waals surface area contributed by atoms with Gasteiger partial charge in [-0.3, -0.25) is 0 Å². The molecule has 1 atom stereocenters. The van der Waals surface area contributed by atoms with Crippen molar-refractivity contribution in [3.63, 3.8) is 0 Å². The first-order valence-electron chi connectivity index (χ1n) is 2.00. The van der Waals surface area contributed by atoms with Gasteiger partial charge in [0.25, 0.3) is 0 Å². The van der Waals surface area contributed by atoms with Crippen LogP contribution in [0.2, 0.25) is 0 Å². The highest BCUT2D eigenvalue weighted by atomic mass is 31.0. The van der Waals surface area contributed by atoms with Crippen LogP contribution in [-0.4, -0.2) is 5.48 Å². The van der Waals surface area contributed by atoms with Gasteiger partial charge in [0.15, 0.2) is 0 Å². The van der Waals surface area contributed by atoms with E-state index in [-0.39, 0.29) is 15.4 Å². The summed E-state index contributed by atoms with van der Waals surface area (Å²) in [5.74, 6) is 0. The predicted octanol–water partition coefficient (Wildman–Crippen LogP) is 0.794. The average Bonchev–Trinajstić information content (AvgIpc) is 0.722. The van der Waals surface area contributed by atoms with Crippen molar-refractivity contribution in [3.05, 3.63) is 0 Å². The van der Waals surface area contributed by atoms with E-state index in [2.05, 4.69) is 0 Å². The molecule has 0 aliphatic heterocycles. The maximum atomic E-state index is 1.50. The van der Waals surface area contributed by atoms with E-state index in [1.54, 1.807) is 0 Å². The number of rotatable bonds is 0. The second-order valence-corrected chi connectivity index (χ2v) is 1.41. The Balaban J connectivity index is 0. The third-order valence-electron chi connectivity index (χ3n) is 1.000. The Morgan fingerprint density at radius 3 is 0.833 bits per heavy atom. The Bertz CT molecular complexity index is 15.5. The highest BCUT2D eigenvalue weighted by Crippen LogP contribution is 2.15. The van der Waals surface area contributed by atoms with Gasteiger partial charge in [0.05, 0.1) is 0 Å².